The summed E-state index contributed by atoms with van der Waals surface area (Å²) < 4.78 is 4.80. The fraction of sp³-hybridized carbons (Fsp3) is 0.133. The lowest BCUT2D eigenvalue weighted by atomic mass is 9.98. The Balaban J connectivity index is 1.80. The van der Waals surface area contributed by atoms with Crippen molar-refractivity contribution in [2.75, 3.05) is 11.9 Å². The van der Waals surface area contributed by atoms with Crippen LogP contribution < -0.4 is 11.1 Å². The number of carbonyl (C=O) groups excluding carboxylic acids is 1. The maximum atomic E-state index is 12.5. The number of fused-ring (bicyclic) bond motifs is 1. The zero-order valence-electron chi connectivity index (χ0n) is 11.5. The van der Waals surface area contributed by atoms with Crippen molar-refractivity contribution in [2.45, 2.75) is 5.92 Å². The Bertz CT molecular complexity index is 803. The Hall–Kier alpha value is -2.02. The zero-order valence-corrected chi connectivity index (χ0v) is 13.1. The second kappa shape index (κ2) is 6.39. The fourth-order valence-electron chi connectivity index (χ4n) is 2.17. The minimum Gasteiger partial charge on any atom is -0.329 e. The number of amides is 1. The standard InChI is InChI=1S/C15H13ClN4OS/c16-10-3-1-9(2-4-10)12(8-17)15(21)18-11-5-6-13-14(7-11)22-20-19-13/h1-7,12H,8,17H2,(H,18,21)/t12-/m1/s1. The van der Waals surface area contributed by atoms with Crippen molar-refractivity contribution in [1.29, 1.82) is 0 Å². The van der Waals surface area contributed by atoms with E-state index in [2.05, 4.69) is 14.9 Å². The van der Waals surface area contributed by atoms with Gasteiger partial charge in [0.05, 0.1) is 10.6 Å². The fourth-order valence-corrected chi connectivity index (χ4v) is 2.90. The summed E-state index contributed by atoms with van der Waals surface area (Å²) >= 11 is 7.16. The minimum absolute atomic E-state index is 0.151. The van der Waals surface area contributed by atoms with Crippen molar-refractivity contribution in [2.24, 2.45) is 5.73 Å². The minimum atomic E-state index is -0.424. The van der Waals surface area contributed by atoms with E-state index in [4.69, 9.17) is 17.3 Å². The average molecular weight is 333 g/mol. The molecule has 22 heavy (non-hydrogen) atoms. The molecule has 0 bridgehead atoms. The highest BCUT2D eigenvalue weighted by atomic mass is 35.5. The Morgan fingerprint density at radius 2 is 2.05 bits per heavy atom. The molecular formula is C15H13ClN4OS. The predicted octanol–water partition coefficient (Wildman–Crippen LogP) is 3.03. The van der Waals surface area contributed by atoms with Gasteiger partial charge in [0.15, 0.2) is 0 Å². The van der Waals surface area contributed by atoms with Crippen LogP contribution in [-0.4, -0.2) is 22.0 Å². The lowest BCUT2D eigenvalue weighted by Gasteiger charge is -2.15. The van der Waals surface area contributed by atoms with E-state index < -0.39 is 5.92 Å². The van der Waals surface area contributed by atoms with E-state index in [1.54, 1.807) is 18.2 Å². The highest BCUT2D eigenvalue weighted by Gasteiger charge is 2.19. The van der Waals surface area contributed by atoms with Gasteiger partial charge in [0.1, 0.15) is 5.52 Å². The summed E-state index contributed by atoms with van der Waals surface area (Å²) in [5, 5.41) is 7.48. The monoisotopic (exact) mass is 332 g/mol. The molecule has 3 aromatic rings. The molecule has 5 nitrogen and oxygen atoms in total. The number of carbonyl (C=O) groups is 1. The number of anilines is 1. The highest BCUT2D eigenvalue weighted by molar-refractivity contribution is 7.12. The number of nitrogens with zero attached hydrogens (tertiary/aromatic N) is 2. The molecule has 1 heterocycles. The lowest BCUT2D eigenvalue weighted by Crippen LogP contribution is -2.27. The summed E-state index contributed by atoms with van der Waals surface area (Å²) in [6.07, 6.45) is 0. The molecule has 0 unspecified atom stereocenters. The maximum Gasteiger partial charge on any atom is 0.233 e. The summed E-state index contributed by atoms with van der Waals surface area (Å²) in [4.78, 5) is 12.5. The first-order valence-corrected chi connectivity index (χ1v) is 7.81. The van der Waals surface area contributed by atoms with E-state index in [0.29, 0.717) is 10.7 Å². The van der Waals surface area contributed by atoms with E-state index in [0.717, 1.165) is 15.8 Å². The number of rotatable bonds is 4. The molecular weight excluding hydrogens is 320 g/mol. The number of halogens is 1. The van der Waals surface area contributed by atoms with Gasteiger partial charge in [-0.1, -0.05) is 28.2 Å². The van der Waals surface area contributed by atoms with Crippen LogP contribution >= 0.6 is 23.1 Å². The van der Waals surface area contributed by atoms with Gasteiger partial charge in [0.25, 0.3) is 0 Å². The van der Waals surface area contributed by atoms with E-state index >= 15 is 0 Å². The van der Waals surface area contributed by atoms with Crippen molar-refractivity contribution in [3.8, 4) is 0 Å². The molecule has 0 aliphatic carbocycles. The Kier molecular flexibility index (Phi) is 4.33. The number of hydrogen-bond donors (Lipinski definition) is 2. The van der Waals surface area contributed by atoms with Gasteiger partial charge in [-0.3, -0.25) is 4.79 Å². The van der Waals surface area contributed by atoms with E-state index in [1.165, 1.54) is 11.5 Å². The van der Waals surface area contributed by atoms with Crippen LogP contribution in [0.15, 0.2) is 42.5 Å². The van der Waals surface area contributed by atoms with Crippen LogP contribution in [-0.2, 0) is 4.79 Å². The molecule has 0 radical (unpaired) electrons. The zero-order chi connectivity index (χ0) is 15.5. The van der Waals surface area contributed by atoms with E-state index in [9.17, 15) is 4.79 Å². The third-order valence-electron chi connectivity index (χ3n) is 3.34. The third kappa shape index (κ3) is 3.09. The van der Waals surface area contributed by atoms with Crippen LogP contribution in [0.1, 0.15) is 11.5 Å². The molecule has 0 aliphatic rings. The van der Waals surface area contributed by atoms with E-state index in [1.807, 2.05) is 24.3 Å². The molecule has 112 valence electrons. The van der Waals surface area contributed by atoms with Crippen LogP contribution in [0.25, 0.3) is 10.2 Å². The van der Waals surface area contributed by atoms with Gasteiger partial charge in [-0.05, 0) is 47.4 Å². The Morgan fingerprint density at radius 3 is 2.77 bits per heavy atom. The number of nitrogens with two attached hydrogens (primary N) is 1. The normalized spacial score (nSPS) is 12.3. The second-order valence-electron chi connectivity index (χ2n) is 4.78. The highest BCUT2D eigenvalue weighted by Crippen LogP contribution is 2.23. The van der Waals surface area contributed by atoms with Crippen LogP contribution in [0.4, 0.5) is 5.69 Å². The second-order valence-corrected chi connectivity index (χ2v) is 6.01. The van der Waals surface area contributed by atoms with Crippen LogP contribution in [0, 0.1) is 0 Å². The predicted molar refractivity (Wildman–Crippen MR) is 89.3 cm³/mol. The molecule has 1 atom stereocenters. The molecule has 1 amide bonds. The van der Waals surface area contributed by atoms with Crippen molar-refractivity contribution >= 4 is 44.9 Å². The van der Waals surface area contributed by atoms with E-state index in [-0.39, 0.29) is 12.5 Å². The molecule has 2 aromatic carbocycles. The number of benzene rings is 2. The quantitative estimate of drug-likeness (QED) is 0.769. The number of hydrogen-bond acceptors (Lipinski definition) is 5. The summed E-state index contributed by atoms with van der Waals surface area (Å²) in [6, 6.07) is 12.6. The van der Waals surface area contributed by atoms with Gasteiger partial charge in [-0.2, -0.15) is 0 Å². The van der Waals surface area contributed by atoms with Gasteiger partial charge < -0.3 is 11.1 Å². The third-order valence-corrected chi connectivity index (χ3v) is 4.28. The molecule has 3 N–H and O–H groups in total. The van der Waals surface area contributed by atoms with Crippen LogP contribution in [0.3, 0.4) is 0 Å². The summed E-state index contributed by atoms with van der Waals surface area (Å²) in [5.41, 5.74) is 8.12. The van der Waals surface area contributed by atoms with Gasteiger partial charge in [0.2, 0.25) is 5.91 Å². The SMILES string of the molecule is NC[C@@H](C(=O)Nc1ccc2nnsc2c1)c1ccc(Cl)cc1. The van der Waals surface area contributed by atoms with Crippen molar-refractivity contribution < 1.29 is 4.79 Å². The summed E-state index contributed by atoms with van der Waals surface area (Å²) in [6.45, 7) is 0.220. The Labute approximate surface area is 136 Å². The topological polar surface area (TPSA) is 80.9 Å². The molecule has 0 aliphatic heterocycles. The smallest absolute Gasteiger partial charge is 0.233 e. The van der Waals surface area contributed by atoms with Gasteiger partial charge in [-0.25, -0.2) is 0 Å². The van der Waals surface area contributed by atoms with Crippen LogP contribution in [0.2, 0.25) is 5.02 Å². The molecule has 0 saturated carbocycles. The average Bonchev–Trinajstić information content (AvgIpc) is 2.97. The molecule has 0 saturated heterocycles. The summed E-state index contributed by atoms with van der Waals surface area (Å²) in [5.74, 6) is -0.575. The van der Waals surface area contributed by atoms with Crippen LogP contribution in [0.5, 0.6) is 0 Å². The number of aromatic nitrogens is 2. The van der Waals surface area contributed by atoms with Gasteiger partial charge >= 0.3 is 0 Å². The summed E-state index contributed by atoms with van der Waals surface area (Å²) in [7, 11) is 0. The van der Waals surface area contributed by atoms with Crippen molar-refractivity contribution in [3.05, 3.63) is 53.1 Å². The molecule has 3 rings (SSSR count). The first-order valence-electron chi connectivity index (χ1n) is 6.66. The molecule has 1 aromatic heterocycles. The molecule has 7 heteroatoms. The maximum absolute atomic E-state index is 12.5. The van der Waals surface area contributed by atoms with Crippen molar-refractivity contribution in [1.82, 2.24) is 9.59 Å². The molecule has 0 spiro atoms. The first-order chi connectivity index (χ1) is 10.7. The molecule has 0 fully saturated rings. The van der Waals surface area contributed by atoms with Gasteiger partial charge in [0, 0.05) is 17.3 Å². The van der Waals surface area contributed by atoms with Crippen molar-refractivity contribution in [3.63, 3.8) is 0 Å². The Morgan fingerprint density at radius 1 is 1.27 bits per heavy atom. The van der Waals surface area contributed by atoms with Gasteiger partial charge in [-0.15, -0.1) is 5.10 Å². The largest absolute Gasteiger partial charge is 0.329 e. The number of nitrogens with one attached hydrogen (secondary N) is 1. The lowest BCUT2D eigenvalue weighted by molar-refractivity contribution is -0.117. The first kappa shape index (κ1) is 14.9.